The summed E-state index contributed by atoms with van der Waals surface area (Å²) in [5, 5.41) is 1.73. The van der Waals surface area contributed by atoms with Crippen LogP contribution in [0.3, 0.4) is 0 Å². The van der Waals surface area contributed by atoms with Crippen molar-refractivity contribution in [3.05, 3.63) is 69.5 Å². The lowest BCUT2D eigenvalue weighted by Gasteiger charge is -2.14. The van der Waals surface area contributed by atoms with Gasteiger partial charge >= 0.3 is 0 Å². The molecule has 7 heteroatoms. The third-order valence-electron chi connectivity index (χ3n) is 3.90. The van der Waals surface area contributed by atoms with Crippen LogP contribution in [0.1, 0.15) is 5.56 Å². The highest BCUT2D eigenvalue weighted by Crippen LogP contribution is 2.20. The minimum absolute atomic E-state index is 0.0320. The van der Waals surface area contributed by atoms with Crippen molar-refractivity contribution in [3.63, 3.8) is 0 Å². The molecule has 0 bridgehead atoms. The summed E-state index contributed by atoms with van der Waals surface area (Å²) in [7, 11) is 3.41. The molecule has 2 aromatic carbocycles. The summed E-state index contributed by atoms with van der Waals surface area (Å²) in [5.74, 6) is 0.189. The maximum Gasteiger partial charge on any atom is 0.262 e. The van der Waals surface area contributed by atoms with E-state index in [2.05, 4.69) is 4.98 Å². The highest BCUT2D eigenvalue weighted by molar-refractivity contribution is 7.99. The van der Waals surface area contributed by atoms with Crippen molar-refractivity contribution in [1.82, 2.24) is 14.5 Å². The molecule has 0 saturated heterocycles. The molecule has 134 valence electrons. The van der Waals surface area contributed by atoms with E-state index in [0.717, 1.165) is 5.56 Å². The van der Waals surface area contributed by atoms with Gasteiger partial charge in [0.25, 0.3) is 5.56 Å². The van der Waals surface area contributed by atoms with Crippen LogP contribution in [-0.2, 0) is 11.3 Å². The molecule has 3 rings (SSSR count). The number of fused-ring (bicyclic) bond motifs is 1. The average molecular weight is 388 g/mol. The highest BCUT2D eigenvalue weighted by Gasteiger charge is 2.14. The Bertz CT molecular complexity index is 1000. The number of para-hydroxylation sites is 1. The third kappa shape index (κ3) is 4.08. The summed E-state index contributed by atoms with van der Waals surface area (Å²) >= 11 is 7.21. The summed E-state index contributed by atoms with van der Waals surface area (Å²) in [6.07, 6.45) is 0. The number of halogens is 1. The predicted molar refractivity (Wildman–Crippen MR) is 106 cm³/mol. The van der Waals surface area contributed by atoms with Crippen LogP contribution in [-0.4, -0.2) is 40.2 Å². The maximum atomic E-state index is 13.0. The first-order chi connectivity index (χ1) is 12.5. The molecule has 0 aliphatic carbocycles. The Balaban J connectivity index is 2.03. The first-order valence-corrected chi connectivity index (χ1v) is 9.39. The lowest BCUT2D eigenvalue weighted by atomic mass is 10.2. The Labute approximate surface area is 160 Å². The highest BCUT2D eigenvalue weighted by atomic mass is 35.5. The Kier molecular flexibility index (Phi) is 5.64. The maximum absolute atomic E-state index is 13.0. The van der Waals surface area contributed by atoms with Gasteiger partial charge in [0.05, 0.1) is 23.2 Å². The summed E-state index contributed by atoms with van der Waals surface area (Å²) in [6, 6.07) is 14.6. The Hall–Kier alpha value is -2.31. The lowest BCUT2D eigenvalue weighted by Crippen LogP contribution is -2.26. The molecule has 0 N–H and O–H groups in total. The molecule has 1 amide bonds. The van der Waals surface area contributed by atoms with Crippen molar-refractivity contribution in [2.24, 2.45) is 0 Å². The minimum Gasteiger partial charge on any atom is -0.348 e. The number of carbonyl (C=O) groups excluding carboxylic acids is 1. The van der Waals surface area contributed by atoms with Gasteiger partial charge in [-0.15, -0.1) is 0 Å². The van der Waals surface area contributed by atoms with E-state index in [9.17, 15) is 9.59 Å². The van der Waals surface area contributed by atoms with Gasteiger partial charge in [-0.2, -0.15) is 0 Å². The van der Waals surface area contributed by atoms with Crippen molar-refractivity contribution >= 4 is 40.2 Å². The third-order valence-corrected chi connectivity index (χ3v) is 5.12. The van der Waals surface area contributed by atoms with Gasteiger partial charge in [0.1, 0.15) is 0 Å². The molecule has 0 radical (unpaired) electrons. The SMILES string of the molecule is CN(C)C(=O)CSc1nc2ccccc2c(=O)n1Cc1ccc(Cl)cc1. The molecule has 3 aromatic rings. The van der Waals surface area contributed by atoms with Gasteiger partial charge in [-0.3, -0.25) is 14.2 Å². The van der Waals surface area contributed by atoms with E-state index < -0.39 is 0 Å². The summed E-state index contributed by atoms with van der Waals surface area (Å²) in [4.78, 5) is 31.1. The van der Waals surface area contributed by atoms with E-state index >= 15 is 0 Å². The number of thioether (sulfide) groups is 1. The number of nitrogens with zero attached hydrogens (tertiary/aromatic N) is 3. The van der Waals surface area contributed by atoms with Crippen LogP contribution >= 0.6 is 23.4 Å². The van der Waals surface area contributed by atoms with Crippen LogP contribution in [0.2, 0.25) is 5.02 Å². The van der Waals surface area contributed by atoms with Gasteiger partial charge in [0.15, 0.2) is 5.16 Å². The number of rotatable bonds is 5. The molecule has 0 spiro atoms. The Morgan fingerprint density at radius 2 is 1.85 bits per heavy atom. The smallest absolute Gasteiger partial charge is 0.262 e. The molecule has 0 aliphatic heterocycles. The molecule has 0 atom stereocenters. The second kappa shape index (κ2) is 7.93. The van der Waals surface area contributed by atoms with E-state index in [1.807, 2.05) is 24.3 Å². The van der Waals surface area contributed by atoms with Gasteiger partial charge in [0, 0.05) is 19.1 Å². The standard InChI is InChI=1S/C19H18ClN3O2S/c1-22(2)17(24)12-26-19-21-16-6-4-3-5-15(16)18(25)23(19)11-13-7-9-14(20)10-8-13/h3-10H,11-12H2,1-2H3. The van der Waals surface area contributed by atoms with Crippen LogP contribution in [0.25, 0.3) is 10.9 Å². The van der Waals surface area contributed by atoms with E-state index in [0.29, 0.717) is 27.6 Å². The lowest BCUT2D eigenvalue weighted by molar-refractivity contribution is -0.125. The number of benzene rings is 2. The number of aromatic nitrogens is 2. The second-order valence-electron chi connectivity index (χ2n) is 6.01. The zero-order valence-corrected chi connectivity index (χ0v) is 16.0. The molecular weight excluding hydrogens is 370 g/mol. The number of hydrogen-bond acceptors (Lipinski definition) is 4. The Morgan fingerprint density at radius 3 is 2.54 bits per heavy atom. The van der Waals surface area contributed by atoms with E-state index in [4.69, 9.17) is 11.6 Å². The minimum atomic E-state index is -0.120. The van der Waals surface area contributed by atoms with E-state index in [1.54, 1.807) is 42.9 Å². The van der Waals surface area contributed by atoms with Crippen molar-refractivity contribution < 1.29 is 4.79 Å². The monoisotopic (exact) mass is 387 g/mol. The van der Waals surface area contributed by atoms with Gasteiger partial charge in [-0.1, -0.05) is 47.6 Å². The van der Waals surface area contributed by atoms with Gasteiger partial charge in [-0.25, -0.2) is 4.98 Å². The zero-order valence-electron chi connectivity index (χ0n) is 14.5. The van der Waals surface area contributed by atoms with Crippen LogP contribution in [0.5, 0.6) is 0 Å². The van der Waals surface area contributed by atoms with Gasteiger partial charge in [0.2, 0.25) is 5.91 Å². The van der Waals surface area contributed by atoms with Crippen LogP contribution in [0.4, 0.5) is 0 Å². The van der Waals surface area contributed by atoms with Crippen LogP contribution < -0.4 is 5.56 Å². The van der Waals surface area contributed by atoms with Crippen molar-refractivity contribution in [2.75, 3.05) is 19.8 Å². The molecule has 26 heavy (non-hydrogen) atoms. The molecular formula is C19H18ClN3O2S. The Morgan fingerprint density at radius 1 is 1.15 bits per heavy atom. The summed E-state index contributed by atoms with van der Waals surface area (Å²) < 4.78 is 1.61. The van der Waals surface area contributed by atoms with Crippen molar-refractivity contribution in [2.45, 2.75) is 11.7 Å². The zero-order chi connectivity index (χ0) is 18.7. The van der Waals surface area contributed by atoms with Gasteiger partial charge < -0.3 is 4.90 Å². The average Bonchev–Trinajstić information content (AvgIpc) is 2.64. The number of hydrogen-bond donors (Lipinski definition) is 0. The second-order valence-corrected chi connectivity index (χ2v) is 7.39. The number of carbonyl (C=O) groups is 1. The van der Waals surface area contributed by atoms with Gasteiger partial charge in [-0.05, 0) is 29.8 Å². The normalized spacial score (nSPS) is 10.9. The summed E-state index contributed by atoms with van der Waals surface area (Å²) in [5.41, 5.74) is 1.45. The fourth-order valence-electron chi connectivity index (χ4n) is 2.43. The fraction of sp³-hybridized carbons (Fsp3) is 0.211. The largest absolute Gasteiger partial charge is 0.348 e. The van der Waals surface area contributed by atoms with Crippen molar-refractivity contribution in [3.8, 4) is 0 Å². The molecule has 0 unspecified atom stereocenters. The molecule has 1 heterocycles. The molecule has 0 fully saturated rings. The topological polar surface area (TPSA) is 55.2 Å². The molecule has 0 saturated carbocycles. The van der Waals surface area contributed by atoms with Crippen molar-refractivity contribution in [1.29, 1.82) is 0 Å². The van der Waals surface area contributed by atoms with Crippen LogP contribution in [0.15, 0.2) is 58.5 Å². The molecule has 1 aromatic heterocycles. The van der Waals surface area contributed by atoms with E-state index in [-0.39, 0.29) is 17.2 Å². The first kappa shape index (κ1) is 18.5. The quantitative estimate of drug-likeness (QED) is 0.498. The predicted octanol–water partition coefficient (Wildman–Crippen LogP) is 3.28. The summed E-state index contributed by atoms with van der Waals surface area (Å²) in [6.45, 7) is 0.367. The van der Waals surface area contributed by atoms with E-state index in [1.165, 1.54) is 16.7 Å². The number of amides is 1. The van der Waals surface area contributed by atoms with Crippen LogP contribution in [0, 0.1) is 0 Å². The molecule has 0 aliphatic rings. The fourth-order valence-corrected chi connectivity index (χ4v) is 3.53. The first-order valence-electron chi connectivity index (χ1n) is 8.02. The molecule has 5 nitrogen and oxygen atoms in total.